The smallest absolute Gasteiger partial charge is 0.267 e. The zero-order valence-electron chi connectivity index (χ0n) is 11.6. The SMILES string of the molecule is CCCNC(Cn1nc(OC)ccc1=O)C(C)C. The molecule has 1 aromatic rings. The quantitative estimate of drug-likeness (QED) is 0.795. The number of methoxy groups -OCH3 is 1. The lowest BCUT2D eigenvalue weighted by Crippen LogP contribution is -2.41. The van der Waals surface area contributed by atoms with Crippen molar-refractivity contribution in [2.45, 2.75) is 39.8 Å². The van der Waals surface area contributed by atoms with Crippen molar-refractivity contribution in [1.29, 1.82) is 0 Å². The van der Waals surface area contributed by atoms with E-state index in [1.807, 2.05) is 0 Å². The third-order valence-corrected chi connectivity index (χ3v) is 2.88. The fourth-order valence-electron chi connectivity index (χ4n) is 1.70. The summed E-state index contributed by atoms with van der Waals surface area (Å²) in [6, 6.07) is 3.31. The molecule has 0 bridgehead atoms. The highest BCUT2D eigenvalue weighted by atomic mass is 16.5. The van der Waals surface area contributed by atoms with Crippen molar-refractivity contribution < 1.29 is 4.74 Å². The molecular weight excluding hydrogens is 230 g/mol. The van der Waals surface area contributed by atoms with Crippen molar-refractivity contribution in [3.63, 3.8) is 0 Å². The van der Waals surface area contributed by atoms with Gasteiger partial charge in [0.25, 0.3) is 5.56 Å². The van der Waals surface area contributed by atoms with Crippen LogP contribution in [-0.4, -0.2) is 29.5 Å². The van der Waals surface area contributed by atoms with Crippen molar-refractivity contribution in [2.75, 3.05) is 13.7 Å². The molecule has 0 amide bonds. The minimum atomic E-state index is -0.0975. The summed E-state index contributed by atoms with van der Waals surface area (Å²) in [4.78, 5) is 11.7. The lowest BCUT2D eigenvalue weighted by molar-refractivity contribution is 0.320. The number of nitrogens with zero attached hydrogens (tertiary/aromatic N) is 2. The second-order valence-electron chi connectivity index (χ2n) is 4.70. The number of hydrogen-bond acceptors (Lipinski definition) is 4. The third kappa shape index (κ3) is 4.14. The van der Waals surface area contributed by atoms with Crippen LogP contribution in [0.25, 0.3) is 0 Å². The standard InChI is InChI=1S/C13H23N3O2/c1-5-8-14-11(10(2)3)9-16-13(17)7-6-12(15-16)18-4/h6-7,10-11,14H,5,8-9H2,1-4H3. The Kier molecular flexibility index (Phi) is 5.85. The van der Waals surface area contributed by atoms with Crippen molar-refractivity contribution in [3.8, 4) is 5.88 Å². The molecule has 0 aliphatic rings. The Morgan fingerprint density at radius 1 is 1.44 bits per heavy atom. The Bertz CT molecular complexity index is 415. The Hall–Kier alpha value is -1.36. The van der Waals surface area contributed by atoms with E-state index >= 15 is 0 Å². The predicted molar refractivity (Wildman–Crippen MR) is 72.0 cm³/mol. The minimum Gasteiger partial charge on any atom is -0.480 e. The fourth-order valence-corrected chi connectivity index (χ4v) is 1.70. The van der Waals surface area contributed by atoms with Crippen LogP contribution in [-0.2, 0) is 6.54 Å². The van der Waals surface area contributed by atoms with Crippen LogP contribution in [0.15, 0.2) is 16.9 Å². The summed E-state index contributed by atoms with van der Waals surface area (Å²) in [6.07, 6.45) is 1.07. The number of aromatic nitrogens is 2. The molecule has 1 rings (SSSR count). The van der Waals surface area contributed by atoms with E-state index in [-0.39, 0.29) is 11.6 Å². The second kappa shape index (κ2) is 7.16. The Morgan fingerprint density at radius 3 is 2.72 bits per heavy atom. The van der Waals surface area contributed by atoms with E-state index in [2.05, 4.69) is 31.2 Å². The number of hydrogen-bond donors (Lipinski definition) is 1. The first-order chi connectivity index (χ1) is 8.58. The summed E-state index contributed by atoms with van der Waals surface area (Å²) in [5, 5.41) is 7.60. The van der Waals surface area contributed by atoms with Crippen LogP contribution in [0.2, 0.25) is 0 Å². The Labute approximate surface area is 108 Å². The van der Waals surface area contributed by atoms with Crippen molar-refractivity contribution >= 4 is 0 Å². The molecular formula is C13H23N3O2. The van der Waals surface area contributed by atoms with Gasteiger partial charge in [-0.15, -0.1) is 5.10 Å². The highest BCUT2D eigenvalue weighted by Gasteiger charge is 2.14. The summed E-state index contributed by atoms with van der Waals surface area (Å²) in [5.74, 6) is 0.907. The van der Waals surface area contributed by atoms with Crippen LogP contribution >= 0.6 is 0 Å². The van der Waals surface area contributed by atoms with E-state index in [1.54, 1.807) is 13.2 Å². The lowest BCUT2D eigenvalue weighted by atomic mass is 10.0. The molecule has 0 fully saturated rings. The summed E-state index contributed by atoms with van der Waals surface area (Å²) in [6.45, 7) is 7.91. The van der Waals surface area contributed by atoms with E-state index in [0.29, 0.717) is 18.3 Å². The van der Waals surface area contributed by atoms with Gasteiger partial charge in [0.15, 0.2) is 0 Å². The van der Waals surface area contributed by atoms with E-state index < -0.39 is 0 Å². The zero-order valence-corrected chi connectivity index (χ0v) is 11.6. The molecule has 0 aliphatic heterocycles. The van der Waals surface area contributed by atoms with Crippen LogP contribution in [0.3, 0.4) is 0 Å². The maximum atomic E-state index is 11.7. The van der Waals surface area contributed by atoms with Gasteiger partial charge in [-0.1, -0.05) is 20.8 Å². The van der Waals surface area contributed by atoms with Gasteiger partial charge in [-0.3, -0.25) is 4.79 Å². The van der Waals surface area contributed by atoms with Crippen LogP contribution in [0.5, 0.6) is 5.88 Å². The maximum Gasteiger partial charge on any atom is 0.267 e. The first kappa shape index (κ1) is 14.7. The molecule has 18 heavy (non-hydrogen) atoms. The monoisotopic (exact) mass is 253 g/mol. The summed E-state index contributed by atoms with van der Waals surface area (Å²) < 4.78 is 6.51. The van der Waals surface area contributed by atoms with Gasteiger partial charge in [0.2, 0.25) is 5.88 Å². The molecule has 0 aliphatic carbocycles. The summed E-state index contributed by atoms with van der Waals surface area (Å²) >= 11 is 0. The van der Waals surface area contributed by atoms with Gasteiger partial charge in [-0.05, 0) is 18.9 Å². The zero-order chi connectivity index (χ0) is 13.5. The lowest BCUT2D eigenvalue weighted by Gasteiger charge is -2.22. The molecule has 1 atom stereocenters. The first-order valence-corrected chi connectivity index (χ1v) is 6.44. The molecule has 1 unspecified atom stereocenters. The van der Waals surface area contributed by atoms with Crippen LogP contribution in [0, 0.1) is 5.92 Å². The van der Waals surface area contributed by atoms with Crippen molar-refractivity contribution in [1.82, 2.24) is 15.1 Å². The highest BCUT2D eigenvalue weighted by molar-refractivity contribution is 5.06. The second-order valence-corrected chi connectivity index (χ2v) is 4.70. The predicted octanol–water partition coefficient (Wildman–Crippen LogP) is 1.28. The molecule has 5 heteroatoms. The molecule has 1 aromatic heterocycles. The van der Waals surface area contributed by atoms with Crippen molar-refractivity contribution in [2.24, 2.45) is 5.92 Å². The molecule has 1 N–H and O–H groups in total. The van der Waals surface area contributed by atoms with Crippen LogP contribution in [0.4, 0.5) is 0 Å². The van der Waals surface area contributed by atoms with E-state index in [9.17, 15) is 4.79 Å². The largest absolute Gasteiger partial charge is 0.480 e. The molecule has 102 valence electrons. The van der Waals surface area contributed by atoms with E-state index in [0.717, 1.165) is 13.0 Å². The van der Waals surface area contributed by atoms with Crippen molar-refractivity contribution in [3.05, 3.63) is 22.5 Å². The molecule has 1 heterocycles. The molecule has 0 saturated heterocycles. The molecule has 0 radical (unpaired) electrons. The van der Waals surface area contributed by atoms with E-state index in [1.165, 1.54) is 10.7 Å². The van der Waals surface area contributed by atoms with E-state index in [4.69, 9.17) is 4.74 Å². The van der Waals surface area contributed by atoms with Gasteiger partial charge in [0.1, 0.15) is 0 Å². The van der Waals surface area contributed by atoms with Gasteiger partial charge >= 0.3 is 0 Å². The molecule has 0 saturated carbocycles. The summed E-state index contributed by atoms with van der Waals surface area (Å²) in [7, 11) is 1.55. The maximum absolute atomic E-state index is 11.7. The van der Waals surface area contributed by atoms with Gasteiger partial charge in [-0.2, -0.15) is 0 Å². The Morgan fingerprint density at radius 2 is 2.17 bits per heavy atom. The molecule has 0 spiro atoms. The number of rotatable bonds is 7. The average Bonchev–Trinajstić information content (AvgIpc) is 2.36. The molecule has 0 aromatic carbocycles. The van der Waals surface area contributed by atoms with Crippen LogP contribution in [0.1, 0.15) is 27.2 Å². The first-order valence-electron chi connectivity index (χ1n) is 6.44. The van der Waals surface area contributed by atoms with Crippen LogP contribution < -0.4 is 15.6 Å². The average molecular weight is 253 g/mol. The summed E-state index contributed by atoms with van der Waals surface area (Å²) in [5.41, 5.74) is -0.0975. The van der Waals surface area contributed by atoms with Gasteiger partial charge in [-0.25, -0.2) is 4.68 Å². The van der Waals surface area contributed by atoms with Gasteiger partial charge < -0.3 is 10.1 Å². The minimum absolute atomic E-state index is 0.0975. The number of nitrogens with one attached hydrogen (secondary N) is 1. The highest BCUT2D eigenvalue weighted by Crippen LogP contribution is 2.05. The molecule has 5 nitrogen and oxygen atoms in total. The third-order valence-electron chi connectivity index (χ3n) is 2.88. The van der Waals surface area contributed by atoms with Gasteiger partial charge in [0.05, 0.1) is 13.7 Å². The van der Waals surface area contributed by atoms with Gasteiger partial charge in [0, 0.05) is 18.2 Å². The topological polar surface area (TPSA) is 56.1 Å². The number of ether oxygens (including phenoxy) is 1. The Balaban J connectivity index is 2.82. The fraction of sp³-hybridized carbons (Fsp3) is 0.692. The normalized spacial score (nSPS) is 12.7.